The fraction of sp³-hybridized carbons (Fsp3) is 0.462. The summed E-state index contributed by atoms with van der Waals surface area (Å²) in [6, 6.07) is 3.78. The highest BCUT2D eigenvalue weighted by molar-refractivity contribution is 5.73. The standard InChI is InChI=1S/C13H18N4O2/c1-13(2,7-11(18)19)6-10-15-8-4-5-9(14-3)16-12(8)17-10/h4-5H,6-7H2,1-3H3,(H,18,19)(H2,14,15,16,17). The first-order chi connectivity index (χ1) is 8.89. The van der Waals surface area contributed by atoms with Gasteiger partial charge in [-0.3, -0.25) is 4.79 Å². The first kappa shape index (κ1) is 13.3. The number of carboxylic acid groups (broad SMARTS) is 1. The molecule has 6 nitrogen and oxygen atoms in total. The molecular weight excluding hydrogens is 244 g/mol. The third-order valence-electron chi connectivity index (χ3n) is 2.93. The van der Waals surface area contributed by atoms with Gasteiger partial charge in [0.2, 0.25) is 0 Å². The molecule has 0 saturated carbocycles. The predicted molar refractivity (Wildman–Crippen MR) is 73.2 cm³/mol. The van der Waals surface area contributed by atoms with Gasteiger partial charge in [0.15, 0.2) is 5.65 Å². The predicted octanol–water partition coefficient (Wildman–Crippen LogP) is 2.04. The van der Waals surface area contributed by atoms with Crippen LogP contribution in [0.1, 0.15) is 26.1 Å². The number of hydrogen-bond acceptors (Lipinski definition) is 4. The van der Waals surface area contributed by atoms with Gasteiger partial charge in [-0.2, -0.15) is 0 Å². The van der Waals surface area contributed by atoms with Crippen molar-refractivity contribution in [3.05, 3.63) is 18.0 Å². The molecule has 0 unspecified atom stereocenters. The number of anilines is 1. The Morgan fingerprint density at radius 2 is 2.16 bits per heavy atom. The monoisotopic (exact) mass is 262 g/mol. The van der Waals surface area contributed by atoms with E-state index in [4.69, 9.17) is 5.11 Å². The normalized spacial score (nSPS) is 11.7. The van der Waals surface area contributed by atoms with E-state index in [1.165, 1.54) is 0 Å². The Morgan fingerprint density at radius 1 is 1.42 bits per heavy atom. The van der Waals surface area contributed by atoms with Gasteiger partial charge >= 0.3 is 5.97 Å². The summed E-state index contributed by atoms with van der Waals surface area (Å²) in [4.78, 5) is 22.7. The van der Waals surface area contributed by atoms with Gasteiger partial charge in [0.1, 0.15) is 11.6 Å². The Labute approximate surface area is 111 Å². The summed E-state index contributed by atoms with van der Waals surface area (Å²) in [5.41, 5.74) is 1.17. The summed E-state index contributed by atoms with van der Waals surface area (Å²) in [5.74, 6) is 0.731. The molecule has 6 heteroatoms. The SMILES string of the molecule is CNc1ccc2[nH]c(CC(C)(C)CC(=O)O)nc2n1. The maximum atomic E-state index is 10.8. The molecule has 0 aliphatic heterocycles. The van der Waals surface area contributed by atoms with Gasteiger partial charge in [-0.15, -0.1) is 0 Å². The second-order valence-corrected chi connectivity index (χ2v) is 5.41. The zero-order valence-electron chi connectivity index (χ0n) is 11.3. The van der Waals surface area contributed by atoms with Crippen molar-refractivity contribution < 1.29 is 9.90 Å². The highest BCUT2D eigenvalue weighted by atomic mass is 16.4. The summed E-state index contributed by atoms with van der Waals surface area (Å²) in [6.45, 7) is 3.83. The van der Waals surface area contributed by atoms with E-state index in [1.807, 2.05) is 26.0 Å². The molecule has 2 aromatic rings. The smallest absolute Gasteiger partial charge is 0.303 e. The van der Waals surface area contributed by atoms with Crippen LogP contribution in [0.4, 0.5) is 5.82 Å². The summed E-state index contributed by atoms with van der Waals surface area (Å²) >= 11 is 0. The van der Waals surface area contributed by atoms with Crippen LogP contribution in [0.5, 0.6) is 0 Å². The molecule has 0 aliphatic carbocycles. The van der Waals surface area contributed by atoms with E-state index >= 15 is 0 Å². The molecule has 0 fully saturated rings. The molecule has 2 aromatic heterocycles. The number of aromatic amines is 1. The van der Waals surface area contributed by atoms with Crippen molar-refractivity contribution in [1.82, 2.24) is 15.0 Å². The van der Waals surface area contributed by atoms with Gasteiger partial charge in [-0.1, -0.05) is 13.8 Å². The highest BCUT2D eigenvalue weighted by Crippen LogP contribution is 2.25. The molecule has 0 radical (unpaired) electrons. The van der Waals surface area contributed by atoms with Gasteiger partial charge in [0.25, 0.3) is 0 Å². The third kappa shape index (κ3) is 3.21. The molecule has 0 aliphatic rings. The van der Waals surface area contributed by atoms with Crippen LogP contribution >= 0.6 is 0 Å². The molecule has 0 amide bonds. The summed E-state index contributed by atoms with van der Waals surface area (Å²) in [7, 11) is 1.80. The first-order valence-electron chi connectivity index (χ1n) is 6.15. The van der Waals surface area contributed by atoms with Crippen molar-refractivity contribution >= 4 is 23.0 Å². The van der Waals surface area contributed by atoms with Crippen LogP contribution < -0.4 is 5.32 Å². The van der Waals surface area contributed by atoms with E-state index in [-0.39, 0.29) is 11.8 Å². The number of nitrogens with zero attached hydrogens (tertiary/aromatic N) is 2. The van der Waals surface area contributed by atoms with Crippen molar-refractivity contribution in [3.8, 4) is 0 Å². The minimum Gasteiger partial charge on any atom is -0.481 e. The second kappa shape index (κ2) is 4.87. The zero-order chi connectivity index (χ0) is 14.0. The second-order valence-electron chi connectivity index (χ2n) is 5.41. The van der Waals surface area contributed by atoms with Crippen molar-refractivity contribution in [2.45, 2.75) is 26.7 Å². The number of fused-ring (bicyclic) bond motifs is 1. The summed E-state index contributed by atoms with van der Waals surface area (Å²) < 4.78 is 0. The molecule has 2 rings (SSSR count). The molecule has 0 spiro atoms. The van der Waals surface area contributed by atoms with E-state index in [9.17, 15) is 4.79 Å². The van der Waals surface area contributed by atoms with Crippen LogP contribution in [0.2, 0.25) is 0 Å². The zero-order valence-corrected chi connectivity index (χ0v) is 11.3. The summed E-state index contributed by atoms with van der Waals surface area (Å²) in [5, 5.41) is 11.8. The Morgan fingerprint density at radius 3 is 2.79 bits per heavy atom. The van der Waals surface area contributed by atoms with Crippen molar-refractivity contribution in [2.75, 3.05) is 12.4 Å². The molecule has 0 atom stereocenters. The van der Waals surface area contributed by atoms with Crippen LogP contribution in [0.25, 0.3) is 11.2 Å². The fourth-order valence-corrected chi connectivity index (χ4v) is 2.09. The lowest BCUT2D eigenvalue weighted by molar-refractivity contribution is -0.139. The van der Waals surface area contributed by atoms with E-state index in [2.05, 4.69) is 20.3 Å². The van der Waals surface area contributed by atoms with E-state index in [0.717, 1.165) is 17.2 Å². The molecule has 3 N–H and O–H groups in total. The van der Waals surface area contributed by atoms with Crippen molar-refractivity contribution in [3.63, 3.8) is 0 Å². The largest absolute Gasteiger partial charge is 0.481 e. The number of pyridine rings is 1. The Kier molecular flexibility index (Phi) is 3.42. The van der Waals surface area contributed by atoms with E-state index in [0.29, 0.717) is 12.1 Å². The minimum atomic E-state index is -0.795. The molecule has 0 saturated heterocycles. The van der Waals surface area contributed by atoms with Crippen LogP contribution in [0.3, 0.4) is 0 Å². The quantitative estimate of drug-likeness (QED) is 0.767. The number of H-pyrrole nitrogens is 1. The first-order valence-corrected chi connectivity index (χ1v) is 6.15. The molecule has 2 heterocycles. The van der Waals surface area contributed by atoms with Crippen LogP contribution in [-0.4, -0.2) is 33.1 Å². The van der Waals surface area contributed by atoms with E-state index in [1.54, 1.807) is 7.05 Å². The number of hydrogen-bond donors (Lipinski definition) is 3. The number of imidazole rings is 1. The molecule has 0 aromatic carbocycles. The summed E-state index contributed by atoms with van der Waals surface area (Å²) in [6.07, 6.45) is 0.684. The number of rotatable bonds is 5. The Bertz CT molecular complexity index is 604. The van der Waals surface area contributed by atoms with Crippen molar-refractivity contribution in [1.29, 1.82) is 0 Å². The minimum absolute atomic E-state index is 0.110. The van der Waals surface area contributed by atoms with Crippen molar-refractivity contribution in [2.24, 2.45) is 5.41 Å². The lowest BCUT2D eigenvalue weighted by Gasteiger charge is -2.20. The number of carbonyl (C=O) groups is 1. The van der Waals surface area contributed by atoms with Crippen LogP contribution in [-0.2, 0) is 11.2 Å². The number of carboxylic acids is 1. The van der Waals surface area contributed by atoms with Gasteiger partial charge < -0.3 is 15.4 Å². The number of aromatic nitrogens is 3. The third-order valence-corrected chi connectivity index (χ3v) is 2.93. The van der Waals surface area contributed by atoms with Crippen LogP contribution in [0, 0.1) is 5.41 Å². The average molecular weight is 262 g/mol. The Balaban J connectivity index is 2.24. The molecular formula is C13H18N4O2. The van der Waals surface area contributed by atoms with Gasteiger partial charge in [0, 0.05) is 13.5 Å². The maximum absolute atomic E-state index is 10.8. The van der Waals surface area contributed by atoms with Gasteiger partial charge in [-0.25, -0.2) is 9.97 Å². The molecule has 102 valence electrons. The van der Waals surface area contributed by atoms with E-state index < -0.39 is 5.97 Å². The fourth-order valence-electron chi connectivity index (χ4n) is 2.09. The Hall–Kier alpha value is -2.11. The maximum Gasteiger partial charge on any atom is 0.303 e. The molecule has 0 bridgehead atoms. The number of nitrogens with one attached hydrogen (secondary N) is 2. The molecule has 19 heavy (non-hydrogen) atoms. The van der Waals surface area contributed by atoms with Gasteiger partial charge in [0.05, 0.1) is 11.9 Å². The lowest BCUT2D eigenvalue weighted by atomic mass is 9.85. The average Bonchev–Trinajstić information content (AvgIpc) is 2.66. The highest BCUT2D eigenvalue weighted by Gasteiger charge is 2.24. The lowest BCUT2D eigenvalue weighted by Crippen LogP contribution is -2.20. The van der Waals surface area contributed by atoms with Gasteiger partial charge in [-0.05, 0) is 17.5 Å². The number of aliphatic carboxylic acids is 1. The topological polar surface area (TPSA) is 90.9 Å². The van der Waals surface area contributed by atoms with Crippen LogP contribution in [0.15, 0.2) is 12.1 Å².